The Bertz CT molecular complexity index is 1410. The molecule has 2 unspecified atom stereocenters. The Morgan fingerprint density at radius 3 is 2.66 bits per heavy atom. The zero-order valence-corrected chi connectivity index (χ0v) is 22.0. The fourth-order valence-electron chi connectivity index (χ4n) is 5.40. The molecule has 2 aromatic carbocycles. The number of hydrogen-bond donors (Lipinski definition) is 2. The molecule has 6 heteroatoms. The van der Waals surface area contributed by atoms with Gasteiger partial charge in [0.2, 0.25) is 0 Å². The van der Waals surface area contributed by atoms with Gasteiger partial charge in [0.15, 0.2) is 0 Å². The summed E-state index contributed by atoms with van der Waals surface area (Å²) in [6.07, 6.45) is 5.36. The molecule has 196 valence electrons. The lowest BCUT2D eigenvalue weighted by Gasteiger charge is -2.34. The molecule has 1 aliphatic rings. The molecule has 3 aromatic heterocycles. The maximum atomic E-state index is 4.90. The summed E-state index contributed by atoms with van der Waals surface area (Å²) in [5.74, 6) is 1.01. The fraction of sp³-hybridized carbons (Fsp3) is 0.312. The highest BCUT2D eigenvalue weighted by Gasteiger charge is 2.28. The van der Waals surface area contributed by atoms with Crippen LogP contribution in [0.25, 0.3) is 11.0 Å². The molecule has 1 aliphatic carbocycles. The first-order valence-electron chi connectivity index (χ1n) is 13.2. The number of nitrogens with zero attached hydrogens (tertiary/aromatic N) is 3. The highest BCUT2D eigenvalue weighted by atomic mass is 32.1. The van der Waals surface area contributed by atoms with Crippen LogP contribution >= 0.6 is 11.3 Å². The first-order valence-corrected chi connectivity index (χ1v) is 14.1. The number of para-hydroxylation sites is 2. The predicted octanol–water partition coefficient (Wildman–Crippen LogP) is 7.59. The van der Waals surface area contributed by atoms with Crippen molar-refractivity contribution < 1.29 is 0 Å². The summed E-state index contributed by atoms with van der Waals surface area (Å²) in [5, 5.41) is 5.79. The molecule has 0 bridgehead atoms. The zero-order valence-electron chi connectivity index (χ0n) is 21.2. The Balaban J connectivity index is 0.00000294. The third kappa shape index (κ3) is 5.88. The van der Waals surface area contributed by atoms with Gasteiger partial charge < -0.3 is 10.3 Å². The van der Waals surface area contributed by atoms with Crippen molar-refractivity contribution in [2.45, 2.75) is 65.3 Å². The standard InChI is InChI=1S/C31H33N5S.CH4/c1-22(29-12-6-18-37-29)33-19-23-13-15-24(16-14-23)20-36(21-30-34-26-9-2-3-10-27(26)35-30)28-11-4-7-25-8-5-17-32-31(25)28;/h2-3,5-6,8-10,12-18,22,28,33H,4,7,11,19-21H2,1H3,(H,34,35);1H4. The summed E-state index contributed by atoms with van der Waals surface area (Å²) in [7, 11) is 0. The molecule has 0 saturated carbocycles. The van der Waals surface area contributed by atoms with Gasteiger partial charge in [0.1, 0.15) is 5.82 Å². The number of aryl methyl sites for hydroxylation is 1. The number of fused-ring (bicyclic) bond motifs is 2. The molecule has 38 heavy (non-hydrogen) atoms. The number of rotatable bonds is 9. The van der Waals surface area contributed by atoms with Crippen molar-refractivity contribution in [3.05, 3.63) is 117 Å². The van der Waals surface area contributed by atoms with Crippen molar-refractivity contribution in [2.75, 3.05) is 0 Å². The molecule has 0 amide bonds. The maximum absolute atomic E-state index is 4.90. The third-order valence-corrected chi connectivity index (χ3v) is 8.44. The molecule has 2 atom stereocenters. The maximum Gasteiger partial charge on any atom is 0.121 e. The van der Waals surface area contributed by atoms with E-state index in [2.05, 4.69) is 94.2 Å². The number of thiophene rings is 1. The normalized spacial score (nSPS) is 15.8. The number of nitrogens with one attached hydrogen (secondary N) is 2. The van der Waals surface area contributed by atoms with Gasteiger partial charge in [-0.2, -0.15) is 0 Å². The minimum Gasteiger partial charge on any atom is -0.341 e. The van der Waals surface area contributed by atoms with Gasteiger partial charge in [0.25, 0.3) is 0 Å². The number of H-pyrrole nitrogens is 1. The van der Waals surface area contributed by atoms with Crippen LogP contribution in [0, 0.1) is 0 Å². The monoisotopic (exact) mass is 523 g/mol. The van der Waals surface area contributed by atoms with E-state index in [0.717, 1.165) is 49.3 Å². The SMILES string of the molecule is C.CC(NCc1ccc(CN(Cc2nc3ccccc3[nH]2)C2CCCc3cccnc32)cc1)c1cccs1. The number of pyridine rings is 1. The van der Waals surface area contributed by atoms with Crippen molar-refractivity contribution >= 4 is 22.4 Å². The molecule has 6 rings (SSSR count). The topological polar surface area (TPSA) is 56.8 Å². The second kappa shape index (κ2) is 12.0. The second-order valence-corrected chi connectivity index (χ2v) is 11.0. The predicted molar refractivity (Wildman–Crippen MR) is 158 cm³/mol. The van der Waals surface area contributed by atoms with Gasteiger partial charge in [-0.3, -0.25) is 9.88 Å². The largest absolute Gasteiger partial charge is 0.341 e. The summed E-state index contributed by atoms with van der Waals surface area (Å²) in [5.41, 5.74) is 7.35. The summed E-state index contributed by atoms with van der Waals surface area (Å²) in [6, 6.07) is 26.6. The highest BCUT2D eigenvalue weighted by Crippen LogP contribution is 2.34. The molecular formula is C32H37N5S. The van der Waals surface area contributed by atoms with Crippen molar-refractivity contribution in [3.63, 3.8) is 0 Å². The van der Waals surface area contributed by atoms with Crippen LogP contribution in [-0.4, -0.2) is 19.9 Å². The smallest absolute Gasteiger partial charge is 0.121 e. The molecule has 0 spiro atoms. The molecule has 5 nitrogen and oxygen atoms in total. The van der Waals surface area contributed by atoms with Gasteiger partial charge in [-0.15, -0.1) is 11.3 Å². The first-order chi connectivity index (χ1) is 18.2. The highest BCUT2D eigenvalue weighted by molar-refractivity contribution is 7.10. The van der Waals surface area contributed by atoms with Gasteiger partial charge in [-0.05, 0) is 72.5 Å². The lowest BCUT2D eigenvalue weighted by molar-refractivity contribution is 0.153. The number of aromatic nitrogens is 3. The van der Waals surface area contributed by atoms with E-state index in [9.17, 15) is 0 Å². The van der Waals surface area contributed by atoms with E-state index in [1.165, 1.54) is 33.7 Å². The van der Waals surface area contributed by atoms with Crippen molar-refractivity contribution in [2.24, 2.45) is 0 Å². The molecule has 0 fully saturated rings. The van der Waals surface area contributed by atoms with Crippen molar-refractivity contribution in [1.29, 1.82) is 0 Å². The van der Waals surface area contributed by atoms with E-state index in [1.54, 1.807) is 11.3 Å². The van der Waals surface area contributed by atoms with Gasteiger partial charge in [0, 0.05) is 30.2 Å². The van der Waals surface area contributed by atoms with Crippen LogP contribution in [0.2, 0.25) is 0 Å². The van der Waals surface area contributed by atoms with Gasteiger partial charge in [-0.25, -0.2) is 4.98 Å². The Morgan fingerprint density at radius 2 is 1.84 bits per heavy atom. The average Bonchev–Trinajstić information content (AvgIpc) is 3.62. The zero-order chi connectivity index (χ0) is 25.0. The van der Waals surface area contributed by atoms with Crippen LogP contribution in [0.1, 0.15) is 72.4 Å². The van der Waals surface area contributed by atoms with E-state index < -0.39 is 0 Å². The summed E-state index contributed by atoms with van der Waals surface area (Å²) >= 11 is 1.81. The molecule has 5 aromatic rings. The van der Waals surface area contributed by atoms with Crippen LogP contribution in [0.15, 0.2) is 84.4 Å². The lowest BCUT2D eigenvalue weighted by atomic mass is 9.90. The Morgan fingerprint density at radius 1 is 1.00 bits per heavy atom. The van der Waals surface area contributed by atoms with Crippen LogP contribution in [-0.2, 0) is 26.1 Å². The molecule has 3 heterocycles. The number of hydrogen-bond acceptors (Lipinski definition) is 5. The summed E-state index contributed by atoms with van der Waals surface area (Å²) < 4.78 is 0. The van der Waals surface area contributed by atoms with E-state index in [4.69, 9.17) is 9.97 Å². The van der Waals surface area contributed by atoms with E-state index >= 15 is 0 Å². The summed E-state index contributed by atoms with van der Waals surface area (Å²) in [6.45, 7) is 4.71. The van der Waals surface area contributed by atoms with E-state index in [0.29, 0.717) is 6.04 Å². The van der Waals surface area contributed by atoms with Crippen molar-refractivity contribution in [3.8, 4) is 0 Å². The summed E-state index contributed by atoms with van der Waals surface area (Å²) in [4.78, 5) is 17.2. The quantitative estimate of drug-likeness (QED) is 0.209. The Labute approximate surface area is 230 Å². The molecule has 0 saturated heterocycles. The average molecular weight is 524 g/mol. The minimum atomic E-state index is 0. The third-order valence-electron chi connectivity index (χ3n) is 7.39. The number of imidazole rings is 1. The van der Waals surface area contributed by atoms with Crippen LogP contribution in [0.4, 0.5) is 0 Å². The van der Waals surface area contributed by atoms with Crippen LogP contribution in [0.5, 0.6) is 0 Å². The Kier molecular flexibility index (Phi) is 8.32. The first kappa shape index (κ1) is 26.3. The molecule has 0 aliphatic heterocycles. The van der Waals surface area contributed by atoms with E-state index in [1.807, 2.05) is 12.3 Å². The van der Waals surface area contributed by atoms with Crippen LogP contribution in [0.3, 0.4) is 0 Å². The van der Waals surface area contributed by atoms with Gasteiger partial charge in [-0.1, -0.05) is 56.0 Å². The Hall–Kier alpha value is -3.32. The van der Waals surface area contributed by atoms with E-state index in [-0.39, 0.29) is 13.5 Å². The van der Waals surface area contributed by atoms with Crippen LogP contribution < -0.4 is 5.32 Å². The molecular weight excluding hydrogens is 486 g/mol. The van der Waals surface area contributed by atoms with Crippen molar-refractivity contribution in [1.82, 2.24) is 25.2 Å². The van der Waals surface area contributed by atoms with Gasteiger partial charge in [0.05, 0.1) is 29.3 Å². The minimum absolute atomic E-state index is 0. The second-order valence-electron chi connectivity index (χ2n) is 10.00. The lowest BCUT2D eigenvalue weighted by Crippen LogP contribution is -2.31. The van der Waals surface area contributed by atoms with Gasteiger partial charge >= 0.3 is 0 Å². The fourth-order valence-corrected chi connectivity index (χ4v) is 6.15. The molecule has 0 radical (unpaired) electrons. The molecule has 2 N–H and O–H groups in total. The number of benzene rings is 2. The number of aromatic amines is 1.